The molecule has 1 aliphatic heterocycles. The van der Waals surface area contributed by atoms with Crippen molar-refractivity contribution in [3.63, 3.8) is 0 Å². The van der Waals surface area contributed by atoms with Crippen LogP contribution in [0.3, 0.4) is 0 Å². The average Bonchev–Trinajstić information content (AvgIpc) is 2.63. The van der Waals surface area contributed by atoms with Crippen LogP contribution in [-0.4, -0.2) is 35.7 Å². The highest BCUT2D eigenvalue weighted by molar-refractivity contribution is 6.43. The molecule has 1 aromatic rings. The van der Waals surface area contributed by atoms with Crippen LogP contribution in [0.5, 0.6) is 0 Å². The van der Waals surface area contributed by atoms with E-state index in [2.05, 4.69) is 11.9 Å². The van der Waals surface area contributed by atoms with Gasteiger partial charge in [-0.25, -0.2) is 0 Å². The number of nitrogens with one attached hydrogen (secondary N) is 1. The zero-order valence-electron chi connectivity index (χ0n) is 10.3. The first-order valence-corrected chi connectivity index (χ1v) is 6.44. The van der Waals surface area contributed by atoms with E-state index in [1.165, 1.54) is 18.2 Å². The molecule has 0 radical (unpaired) electrons. The van der Waals surface area contributed by atoms with Crippen LogP contribution in [-0.2, 0) is 4.79 Å². The molecule has 20 heavy (non-hydrogen) atoms. The Labute approximate surface area is 125 Å². The molecule has 0 unspecified atom stereocenters. The van der Waals surface area contributed by atoms with Crippen LogP contribution in [0.2, 0.25) is 10.0 Å². The first-order valence-electron chi connectivity index (χ1n) is 5.68. The number of carbonyl (C=O) groups is 3. The standard InChI is InChI=1S/C13H10Cl2N2O3/c1-2-3-16-11(18)6-17-12(19)7-4-9(14)10(15)5-8(7)13(17)20/h2,4-5H,1,3,6H2,(H,16,18). The predicted octanol–water partition coefficient (Wildman–Crippen LogP) is 1.89. The molecular weight excluding hydrogens is 303 g/mol. The van der Waals surface area contributed by atoms with Crippen LogP contribution < -0.4 is 5.32 Å². The third kappa shape index (κ3) is 2.55. The van der Waals surface area contributed by atoms with Crippen LogP contribution in [0.1, 0.15) is 20.7 Å². The Hall–Kier alpha value is -1.85. The minimum atomic E-state index is -0.558. The fourth-order valence-corrected chi connectivity index (χ4v) is 2.14. The van der Waals surface area contributed by atoms with Gasteiger partial charge in [0.25, 0.3) is 11.8 Å². The molecule has 0 fully saturated rings. The van der Waals surface area contributed by atoms with Gasteiger partial charge in [0.15, 0.2) is 0 Å². The van der Waals surface area contributed by atoms with Crippen molar-refractivity contribution in [1.29, 1.82) is 0 Å². The lowest BCUT2D eigenvalue weighted by molar-refractivity contribution is -0.121. The lowest BCUT2D eigenvalue weighted by Crippen LogP contribution is -2.40. The topological polar surface area (TPSA) is 66.5 Å². The summed E-state index contributed by atoms with van der Waals surface area (Å²) in [5.74, 6) is -1.56. The lowest BCUT2D eigenvalue weighted by Gasteiger charge is -2.12. The van der Waals surface area contributed by atoms with E-state index in [1.54, 1.807) is 0 Å². The van der Waals surface area contributed by atoms with Crippen molar-refractivity contribution in [2.45, 2.75) is 0 Å². The highest BCUT2D eigenvalue weighted by Crippen LogP contribution is 2.31. The zero-order valence-corrected chi connectivity index (χ0v) is 11.8. The fourth-order valence-electron chi connectivity index (χ4n) is 1.81. The van der Waals surface area contributed by atoms with Crippen molar-refractivity contribution in [2.24, 2.45) is 0 Å². The van der Waals surface area contributed by atoms with E-state index in [4.69, 9.17) is 23.2 Å². The molecule has 0 saturated carbocycles. The number of amides is 3. The largest absolute Gasteiger partial charge is 0.351 e. The number of imide groups is 1. The SMILES string of the molecule is C=CCNC(=O)CN1C(=O)c2cc(Cl)c(Cl)cc2C1=O. The van der Waals surface area contributed by atoms with Gasteiger partial charge in [-0.15, -0.1) is 6.58 Å². The summed E-state index contributed by atoms with van der Waals surface area (Å²) in [5, 5.41) is 2.86. The highest BCUT2D eigenvalue weighted by Gasteiger charge is 2.37. The van der Waals surface area contributed by atoms with Gasteiger partial charge in [-0.3, -0.25) is 19.3 Å². The summed E-state index contributed by atoms with van der Waals surface area (Å²) in [5.41, 5.74) is 0.307. The van der Waals surface area contributed by atoms with Crippen LogP contribution in [0.25, 0.3) is 0 Å². The Morgan fingerprint density at radius 1 is 1.20 bits per heavy atom. The monoisotopic (exact) mass is 312 g/mol. The smallest absolute Gasteiger partial charge is 0.262 e. The Kier molecular flexibility index (Phi) is 4.11. The van der Waals surface area contributed by atoms with Gasteiger partial charge in [0.2, 0.25) is 5.91 Å². The fraction of sp³-hybridized carbons (Fsp3) is 0.154. The quantitative estimate of drug-likeness (QED) is 0.682. The van der Waals surface area contributed by atoms with Crippen LogP contribution in [0.15, 0.2) is 24.8 Å². The second kappa shape index (κ2) is 5.64. The Morgan fingerprint density at radius 3 is 2.15 bits per heavy atom. The van der Waals surface area contributed by atoms with Crippen molar-refractivity contribution in [3.8, 4) is 0 Å². The number of hydrogen-bond donors (Lipinski definition) is 1. The molecule has 1 aliphatic rings. The highest BCUT2D eigenvalue weighted by atomic mass is 35.5. The van der Waals surface area contributed by atoms with E-state index in [0.29, 0.717) is 0 Å². The summed E-state index contributed by atoms with van der Waals surface area (Å²) in [6.07, 6.45) is 1.50. The maximum Gasteiger partial charge on any atom is 0.262 e. The molecule has 0 spiro atoms. The molecule has 2 rings (SSSR count). The minimum Gasteiger partial charge on any atom is -0.351 e. The molecular formula is C13H10Cl2N2O3. The summed E-state index contributed by atoms with van der Waals surface area (Å²) in [6.45, 7) is 3.37. The molecule has 0 saturated heterocycles. The maximum atomic E-state index is 12.1. The van der Waals surface area contributed by atoms with Crippen LogP contribution >= 0.6 is 23.2 Å². The summed E-state index contributed by atoms with van der Waals surface area (Å²) >= 11 is 11.6. The summed E-state index contributed by atoms with van der Waals surface area (Å²) in [6, 6.07) is 2.67. The van der Waals surface area contributed by atoms with E-state index in [9.17, 15) is 14.4 Å². The molecule has 1 aromatic carbocycles. The average molecular weight is 313 g/mol. The molecule has 0 atom stereocenters. The van der Waals surface area contributed by atoms with Crippen molar-refractivity contribution in [1.82, 2.24) is 10.2 Å². The third-order valence-corrected chi connectivity index (χ3v) is 3.48. The van der Waals surface area contributed by atoms with Gasteiger partial charge in [0.05, 0.1) is 21.2 Å². The van der Waals surface area contributed by atoms with Gasteiger partial charge in [0, 0.05) is 6.54 Å². The van der Waals surface area contributed by atoms with Crippen LogP contribution in [0, 0.1) is 0 Å². The van der Waals surface area contributed by atoms with Crippen molar-refractivity contribution >= 4 is 40.9 Å². The van der Waals surface area contributed by atoms with Crippen molar-refractivity contribution in [2.75, 3.05) is 13.1 Å². The van der Waals surface area contributed by atoms with Gasteiger partial charge in [-0.1, -0.05) is 29.3 Å². The molecule has 3 amide bonds. The normalized spacial score (nSPS) is 13.4. The molecule has 104 valence electrons. The van der Waals surface area contributed by atoms with E-state index in [-0.39, 0.29) is 34.3 Å². The van der Waals surface area contributed by atoms with E-state index in [1.807, 2.05) is 0 Å². The molecule has 1 heterocycles. The van der Waals surface area contributed by atoms with Gasteiger partial charge >= 0.3 is 0 Å². The number of carbonyl (C=O) groups excluding carboxylic acids is 3. The third-order valence-electron chi connectivity index (χ3n) is 2.76. The first kappa shape index (κ1) is 14.6. The first-order chi connectivity index (χ1) is 9.45. The number of fused-ring (bicyclic) bond motifs is 1. The van der Waals surface area contributed by atoms with Crippen LogP contribution in [0.4, 0.5) is 0 Å². The van der Waals surface area contributed by atoms with Gasteiger partial charge in [-0.05, 0) is 12.1 Å². The molecule has 1 N–H and O–H groups in total. The Bertz CT molecular complexity index is 587. The van der Waals surface area contributed by atoms with E-state index < -0.39 is 17.7 Å². The second-order valence-corrected chi connectivity index (χ2v) is 4.92. The maximum absolute atomic E-state index is 12.1. The summed E-state index contributed by atoms with van der Waals surface area (Å²) in [7, 11) is 0. The number of rotatable bonds is 4. The number of nitrogens with zero attached hydrogens (tertiary/aromatic N) is 1. The summed E-state index contributed by atoms with van der Waals surface area (Å²) in [4.78, 5) is 36.6. The van der Waals surface area contributed by atoms with E-state index >= 15 is 0 Å². The molecule has 0 aromatic heterocycles. The number of hydrogen-bond acceptors (Lipinski definition) is 3. The number of halogens is 2. The van der Waals surface area contributed by atoms with Gasteiger partial charge in [0.1, 0.15) is 6.54 Å². The van der Waals surface area contributed by atoms with Gasteiger partial charge in [-0.2, -0.15) is 0 Å². The predicted molar refractivity (Wildman–Crippen MR) is 75.0 cm³/mol. The molecule has 0 aliphatic carbocycles. The summed E-state index contributed by atoms with van der Waals surface area (Å²) < 4.78 is 0. The zero-order chi connectivity index (χ0) is 14.9. The lowest BCUT2D eigenvalue weighted by atomic mass is 10.1. The Balaban J connectivity index is 2.24. The Morgan fingerprint density at radius 2 is 1.70 bits per heavy atom. The van der Waals surface area contributed by atoms with E-state index in [0.717, 1.165) is 4.90 Å². The second-order valence-electron chi connectivity index (χ2n) is 4.10. The van der Waals surface area contributed by atoms with Crippen molar-refractivity contribution in [3.05, 3.63) is 46.0 Å². The molecule has 7 heteroatoms. The molecule has 5 nitrogen and oxygen atoms in total. The van der Waals surface area contributed by atoms with Gasteiger partial charge < -0.3 is 5.32 Å². The van der Waals surface area contributed by atoms with Crippen molar-refractivity contribution < 1.29 is 14.4 Å². The molecule has 0 bridgehead atoms. The number of benzene rings is 1. The minimum absolute atomic E-state index is 0.154.